The first-order chi connectivity index (χ1) is 15.7. The van der Waals surface area contributed by atoms with Crippen LogP contribution in [0, 0.1) is 5.82 Å². The lowest BCUT2D eigenvalue weighted by atomic mass is 10.1. The van der Waals surface area contributed by atoms with Gasteiger partial charge in [-0.1, -0.05) is 12.1 Å². The van der Waals surface area contributed by atoms with Crippen LogP contribution >= 0.6 is 0 Å². The van der Waals surface area contributed by atoms with E-state index in [1.54, 1.807) is 12.1 Å². The Morgan fingerprint density at radius 1 is 0.879 bits per heavy atom. The van der Waals surface area contributed by atoms with Gasteiger partial charge in [-0.25, -0.2) is 4.39 Å². The number of hydrogen-bond donors (Lipinski definition) is 3. The third kappa shape index (κ3) is 5.00. The molecule has 0 fully saturated rings. The van der Waals surface area contributed by atoms with Gasteiger partial charge in [0.15, 0.2) is 5.82 Å². The lowest BCUT2D eigenvalue weighted by molar-refractivity contribution is -0.137. The van der Waals surface area contributed by atoms with Crippen LogP contribution in [0.1, 0.15) is 31.8 Å². The Morgan fingerprint density at radius 2 is 1.55 bits per heavy atom. The minimum Gasteiger partial charge on any atom is -0.348 e. The van der Waals surface area contributed by atoms with E-state index in [2.05, 4.69) is 20.8 Å². The molecule has 3 N–H and O–H groups in total. The Labute approximate surface area is 184 Å². The summed E-state index contributed by atoms with van der Waals surface area (Å²) in [5, 5.41) is 12.5. The second-order valence-corrected chi connectivity index (χ2v) is 7.17. The number of hydrogen-bond acceptors (Lipinski definition) is 3. The molecule has 0 aliphatic heterocycles. The molecule has 0 unspecified atom stereocenters. The molecule has 0 saturated heterocycles. The molecule has 0 bridgehead atoms. The van der Waals surface area contributed by atoms with Crippen LogP contribution in [-0.2, 0) is 12.7 Å². The van der Waals surface area contributed by atoms with E-state index in [4.69, 9.17) is 0 Å². The number of benzene rings is 3. The van der Waals surface area contributed by atoms with E-state index in [1.165, 1.54) is 30.3 Å². The second-order valence-electron chi connectivity index (χ2n) is 7.17. The summed E-state index contributed by atoms with van der Waals surface area (Å²) in [7, 11) is 0. The van der Waals surface area contributed by atoms with Gasteiger partial charge in [0.05, 0.1) is 11.1 Å². The largest absolute Gasteiger partial charge is 0.416 e. The maximum absolute atomic E-state index is 13.1. The number of halogens is 4. The van der Waals surface area contributed by atoms with Crippen LogP contribution in [0.3, 0.4) is 0 Å². The molecule has 4 aromatic rings. The number of amides is 2. The van der Waals surface area contributed by atoms with Crippen LogP contribution < -0.4 is 10.6 Å². The molecular weight excluding hydrogens is 440 g/mol. The average molecular weight is 456 g/mol. The van der Waals surface area contributed by atoms with Gasteiger partial charge >= 0.3 is 6.18 Å². The lowest BCUT2D eigenvalue weighted by Gasteiger charge is -2.09. The number of carbonyl (C=O) groups is 2. The summed E-state index contributed by atoms with van der Waals surface area (Å²) < 4.78 is 51.0. The molecule has 0 radical (unpaired) electrons. The fourth-order valence-electron chi connectivity index (χ4n) is 3.13. The molecule has 6 nitrogen and oxygen atoms in total. The van der Waals surface area contributed by atoms with E-state index in [0.717, 1.165) is 24.3 Å². The van der Waals surface area contributed by atoms with E-state index >= 15 is 0 Å². The Bertz CT molecular complexity index is 1310. The maximum atomic E-state index is 13.1. The van der Waals surface area contributed by atoms with Crippen molar-refractivity contribution in [2.45, 2.75) is 12.7 Å². The van der Waals surface area contributed by atoms with Gasteiger partial charge in [0.25, 0.3) is 11.8 Å². The van der Waals surface area contributed by atoms with Crippen molar-refractivity contribution in [2.24, 2.45) is 0 Å². The fourth-order valence-corrected chi connectivity index (χ4v) is 3.13. The summed E-state index contributed by atoms with van der Waals surface area (Å²) >= 11 is 0. The number of alkyl halides is 3. The number of anilines is 1. The number of fused-ring (bicyclic) bond motifs is 1. The number of rotatable bonds is 5. The lowest BCUT2D eigenvalue weighted by Crippen LogP contribution is -2.22. The van der Waals surface area contributed by atoms with Gasteiger partial charge in [-0.3, -0.25) is 14.7 Å². The summed E-state index contributed by atoms with van der Waals surface area (Å²) in [6.45, 7) is 0.0363. The summed E-state index contributed by atoms with van der Waals surface area (Å²) in [4.78, 5) is 24.9. The molecule has 0 aliphatic rings. The van der Waals surface area contributed by atoms with Gasteiger partial charge in [-0.2, -0.15) is 18.3 Å². The standard InChI is InChI=1S/C23H16F4N4O2/c24-17-8-3-14(4-9-17)22(33)29-20-18-11-15(5-10-19(18)30-31-20)21(32)28-12-13-1-6-16(7-2-13)23(25,26)27/h1-11H,12H2,(H,28,32)(H2,29,30,31,33). The van der Waals surface area contributed by atoms with Crippen LogP contribution in [0.15, 0.2) is 66.7 Å². The number of nitrogens with zero attached hydrogens (tertiary/aromatic N) is 1. The van der Waals surface area contributed by atoms with Crippen molar-refractivity contribution in [3.63, 3.8) is 0 Å². The van der Waals surface area contributed by atoms with Gasteiger partial charge in [0, 0.05) is 23.1 Å². The normalized spacial score (nSPS) is 11.4. The van der Waals surface area contributed by atoms with Crippen LogP contribution in [0.25, 0.3) is 10.9 Å². The first kappa shape index (κ1) is 22.0. The SMILES string of the molecule is O=C(NCc1ccc(C(F)(F)F)cc1)c1ccc2[nH]nc(NC(=O)c3ccc(F)cc3)c2c1. The topological polar surface area (TPSA) is 86.9 Å². The van der Waals surface area contributed by atoms with Gasteiger partial charge in [0.2, 0.25) is 0 Å². The molecule has 0 spiro atoms. The minimum atomic E-state index is -4.42. The molecule has 0 saturated carbocycles. The smallest absolute Gasteiger partial charge is 0.348 e. The zero-order chi connectivity index (χ0) is 23.6. The molecule has 33 heavy (non-hydrogen) atoms. The molecule has 1 heterocycles. The summed E-state index contributed by atoms with van der Waals surface area (Å²) in [6.07, 6.45) is -4.42. The van der Waals surface area contributed by atoms with Crippen molar-refractivity contribution in [3.8, 4) is 0 Å². The quantitative estimate of drug-likeness (QED) is 0.373. The van der Waals surface area contributed by atoms with Crippen LogP contribution in [0.2, 0.25) is 0 Å². The summed E-state index contributed by atoms with van der Waals surface area (Å²) in [6, 6.07) is 14.2. The molecular formula is C23H16F4N4O2. The Morgan fingerprint density at radius 3 is 2.21 bits per heavy atom. The van der Waals surface area contributed by atoms with E-state index in [0.29, 0.717) is 16.5 Å². The van der Waals surface area contributed by atoms with Crippen molar-refractivity contribution >= 4 is 28.5 Å². The highest BCUT2D eigenvalue weighted by molar-refractivity contribution is 6.09. The summed E-state index contributed by atoms with van der Waals surface area (Å²) in [5.41, 5.74) is 0.820. The predicted molar refractivity (Wildman–Crippen MR) is 113 cm³/mol. The number of aromatic nitrogens is 2. The Balaban J connectivity index is 1.46. The number of H-pyrrole nitrogens is 1. The average Bonchev–Trinajstić information content (AvgIpc) is 3.19. The van der Waals surface area contributed by atoms with Crippen LogP contribution in [-0.4, -0.2) is 22.0 Å². The van der Waals surface area contributed by atoms with E-state index in [9.17, 15) is 27.2 Å². The maximum Gasteiger partial charge on any atom is 0.416 e. The van der Waals surface area contributed by atoms with Crippen molar-refractivity contribution < 1.29 is 27.2 Å². The van der Waals surface area contributed by atoms with Gasteiger partial charge in [-0.05, 0) is 60.2 Å². The molecule has 0 atom stereocenters. The van der Waals surface area contributed by atoms with Crippen LogP contribution in [0.4, 0.5) is 23.4 Å². The zero-order valence-electron chi connectivity index (χ0n) is 16.8. The fraction of sp³-hybridized carbons (Fsp3) is 0.0870. The number of carbonyl (C=O) groups excluding carboxylic acids is 2. The molecule has 4 rings (SSSR count). The molecule has 2 amide bonds. The van der Waals surface area contributed by atoms with Crippen molar-refractivity contribution in [1.29, 1.82) is 0 Å². The third-order valence-corrected chi connectivity index (χ3v) is 4.90. The number of nitrogens with one attached hydrogen (secondary N) is 3. The first-order valence-electron chi connectivity index (χ1n) is 9.70. The highest BCUT2D eigenvalue weighted by Crippen LogP contribution is 2.29. The Hall–Kier alpha value is -4.21. The molecule has 0 aliphatic carbocycles. The van der Waals surface area contributed by atoms with Crippen molar-refractivity contribution in [1.82, 2.24) is 15.5 Å². The highest BCUT2D eigenvalue weighted by Gasteiger charge is 2.29. The second kappa shape index (κ2) is 8.73. The number of aromatic amines is 1. The minimum absolute atomic E-state index is 0.0363. The molecule has 1 aromatic heterocycles. The van der Waals surface area contributed by atoms with E-state index < -0.39 is 29.4 Å². The molecule has 3 aromatic carbocycles. The Kier molecular flexibility index (Phi) is 5.82. The monoisotopic (exact) mass is 456 g/mol. The highest BCUT2D eigenvalue weighted by atomic mass is 19.4. The summed E-state index contributed by atoms with van der Waals surface area (Å²) in [5.74, 6) is -1.23. The van der Waals surface area contributed by atoms with E-state index in [-0.39, 0.29) is 23.5 Å². The van der Waals surface area contributed by atoms with Gasteiger partial charge in [-0.15, -0.1) is 0 Å². The first-order valence-corrected chi connectivity index (χ1v) is 9.70. The van der Waals surface area contributed by atoms with Crippen molar-refractivity contribution in [2.75, 3.05) is 5.32 Å². The third-order valence-electron chi connectivity index (χ3n) is 4.90. The zero-order valence-corrected chi connectivity index (χ0v) is 16.8. The van der Waals surface area contributed by atoms with Gasteiger partial charge in [0.1, 0.15) is 5.82 Å². The van der Waals surface area contributed by atoms with Crippen LogP contribution in [0.5, 0.6) is 0 Å². The molecule has 168 valence electrons. The van der Waals surface area contributed by atoms with Gasteiger partial charge < -0.3 is 10.6 Å². The van der Waals surface area contributed by atoms with E-state index in [1.807, 2.05) is 0 Å². The predicted octanol–water partition coefficient (Wildman–Crippen LogP) is 4.90. The molecule has 10 heteroatoms. The van der Waals surface area contributed by atoms with Crippen molar-refractivity contribution in [3.05, 3.63) is 94.8 Å².